The van der Waals surface area contributed by atoms with Crippen LogP contribution in [0.5, 0.6) is 5.75 Å². The van der Waals surface area contributed by atoms with E-state index in [-0.39, 0.29) is 17.5 Å². The zero-order valence-corrected chi connectivity index (χ0v) is 25.4. The molecular weight excluding hydrogens is 583 g/mol. The molecule has 1 heterocycles. The SMILES string of the molecule is CCC(=O)NC[C@H](Cc1ccc(OCCc2nc(-c3ccccc3)oc2C)cc1)N/C(C)=C/C(=O)c1ccc(C(F)(F)F)cc1. The first-order valence-electron chi connectivity index (χ1n) is 14.7. The largest absolute Gasteiger partial charge is 0.493 e. The van der Waals surface area contributed by atoms with Crippen molar-refractivity contribution in [2.24, 2.45) is 0 Å². The number of alkyl halides is 3. The number of oxazole rings is 1. The Hall–Kier alpha value is -4.86. The van der Waals surface area contributed by atoms with Crippen LogP contribution < -0.4 is 15.4 Å². The van der Waals surface area contributed by atoms with E-state index in [2.05, 4.69) is 15.6 Å². The molecule has 2 N–H and O–H groups in total. The Labute approximate surface area is 260 Å². The average molecular weight is 620 g/mol. The Morgan fingerprint density at radius 2 is 1.69 bits per heavy atom. The first-order chi connectivity index (χ1) is 21.5. The lowest BCUT2D eigenvalue weighted by atomic mass is 10.0. The maximum Gasteiger partial charge on any atom is 0.416 e. The molecule has 4 aromatic rings. The van der Waals surface area contributed by atoms with Crippen molar-refractivity contribution >= 4 is 11.7 Å². The van der Waals surface area contributed by atoms with Gasteiger partial charge in [-0.15, -0.1) is 0 Å². The van der Waals surface area contributed by atoms with E-state index in [1.807, 2.05) is 61.5 Å². The number of carbonyl (C=O) groups excluding carboxylic acids is 2. The van der Waals surface area contributed by atoms with Crippen LogP contribution in [0, 0.1) is 6.92 Å². The van der Waals surface area contributed by atoms with Gasteiger partial charge in [-0.2, -0.15) is 13.2 Å². The van der Waals surface area contributed by atoms with E-state index in [0.29, 0.717) is 49.8 Å². The zero-order chi connectivity index (χ0) is 32.4. The summed E-state index contributed by atoms with van der Waals surface area (Å²) in [6.07, 6.45) is -1.68. The van der Waals surface area contributed by atoms with E-state index < -0.39 is 17.5 Å². The fourth-order valence-electron chi connectivity index (χ4n) is 4.64. The number of ketones is 1. The first kappa shape index (κ1) is 33.0. The second kappa shape index (κ2) is 15.2. The Morgan fingerprint density at radius 3 is 2.33 bits per heavy atom. The van der Waals surface area contributed by atoms with Crippen LogP contribution >= 0.6 is 0 Å². The number of nitrogens with zero attached hydrogens (tertiary/aromatic N) is 1. The van der Waals surface area contributed by atoms with E-state index in [4.69, 9.17) is 9.15 Å². The summed E-state index contributed by atoms with van der Waals surface area (Å²) in [7, 11) is 0. The Bertz CT molecular complexity index is 1600. The van der Waals surface area contributed by atoms with Gasteiger partial charge in [-0.1, -0.05) is 49.4 Å². The average Bonchev–Trinajstić information content (AvgIpc) is 3.40. The third-order valence-corrected chi connectivity index (χ3v) is 7.07. The van der Waals surface area contributed by atoms with Gasteiger partial charge in [0, 0.05) is 48.3 Å². The van der Waals surface area contributed by atoms with Crippen LogP contribution in [-0.4, -0.2) is 35.9 Å². The number of halogens is 3. The number of nitrogens with one attached hydrogen (secondary N) is 2. The second-order valence-electron chi connectivity index (χ2n) is 10.6. The molecule has 3 aromatic carbocycles. The minimum atomic E-state index is -4.47. The van der Waals surface area contributed by atoms with E-state index in [0.717, 1.165) is 46.8 Å². The topological polar surface area (TPSA) is 93.5 Å². The van der Waals surface area contributed by atoms with Crippen molar-refractivity contribution in [3.05, 3.63) is 119 Å². The minimum Gasteiger partial charge on any atom is -0.493 e. The molecule has 0 spiro atoms. The standard InChI is InChI=1S/C35H36F3N3O4/c1-4-33(43)39-22-29(40-23(2)20-32(42)26-12-14-28(15-13-26)35(36,37)38)21-25-10-16-30(17-11-25)44-19-18-31-24(3)45-34(41-31)27-8-6-5-7-9-27/h5-17,20,29,40H,4,18-19,21-22H2,1-3H3,(H,39,43)/b23-20+/t29-/m0/s1. The molecule has 4 rings (SSSR count). The molecule has 0 unspecified atom stereocenters. The highest BCUT2D eigenvalue weighted by atomic mass is 19.4. The summed E-state index contributed by atoms with van der Waals surface area (Å²) < 4.78 is 50.4. The molecule has 10 heteroatoms. The quantitative estimate of drug-likeness (QED) is 0.116. The number of allylic oxidation sites excluding steroid dienone is 2. The lowest BCUT2D eigenvalue weighted by Crippen LogP contribution is -2.41. The van der Waals surface area contributed by atoms with Crippen LogP contribution in [-0.2, 0) is 23.8 Å². The molecule has 0 fully saturated rings. The van der Waals surface area contributed by atoms with Gasteiger partial charge in [0.1, 0.15) is 11.5 Å². The molecular formula is C35H36F3N3O4. The van der Waals surface area contributed by atoms with Crippen molar-refractivity contribution in [2.75, 3.05) is 13.2 Å². The predicted octanol–water partition coefficient (Wildman–Crippen LogP) is 7.10. The highest BCUT2D eigenvalue weighted by Gasteiger charge is 2.30. The third kappa shape index (κ3) is 9.82. The number of rotatable bonds is 14. The van der Waals surface area contributed by atoms with Crippen molar-refractivity contribution < 1.29 is 31.9 Å². The minimum absolute atomic E-state index is 0.105. The van der Waals surface area contributed by atoms with Gasteiger partial charge in [0.15, 0.2) is 5.78 Å². The van der Waals surface area contributed by atoms with Crippen molar-refractivity contribution in [3.8, 4) is 17.2 Å². The van der Waals surface area contributed by atoms with Crippen LogP contribution in [0.4, 0.5) is 13.2 Å². The Balaban J connectivity index is 1.34. The van der Waals surface area contributed by atoms with Crippen LogP contribution in [0.2, 0.25) is 0 Å². The fraction of sp³-hybridized carbons (Fsp3) is 0.286. The van der Waals surface area contributed by atoms with Gasteiger partial charge in [0.05, 0.1) is 17.9 Å². The van der Waals surface area contributed by atoms with Crippen LogP contribution in [0.25, 0.3) is 11.5 Å². The van der Waals surface area contributed by atoms with E-state index in [9.17, 15) is 22.8 Å². The summed E-state index contributed by atoms with van der Waals surface area (Å²) in [5, 5.41) is 6.14. The summed E-state index contributed by atoms with van der Waals surface area (Å²) >= 11 is 0. The molecule has 7 nitrogen and oxygen atoms in total. The molecule has 1 amide bonds. The Morgan fingerprint density at radius 1 is 1.00 bits per heavy atom. The van der Waals surface area contributed by atoms with Gasteiger partial charge < -0.3 is 19.8 Å². The highest BCUT2D eigenvalue weighted by Crippen LogP contribution is 2.29. The molecule has 0 aliphatic heterocycles. The van der Waals surface area contributed by atoms with Gasteiger partial charge >= 0.3 is 6.18 Å². The van der Waals surface area contributed by atoms with E-state index in [1.54, 1.807) is 13.8 Å². The number of ether oxygens (including phenoxy) is 1. The smallest absolute Gasteiger partial charge is 0.416 e. The lowest BCUT2D eigenvalue weighted by molar-refractivity contribution is -0.137. The molecule has 0 aliphatic carbocycles. The molecule has 0 aliphatic rings. The monoisotopic (exact) mass is 619 g/mol. The van der Waals surface area contributed by atoms with Crippen molar-refractivity contribution in [1.29, 1.82) is 0 Å². The first-order valence-corrected chi connectivity index (χ1v) is 14.7. The molecule has 236 valence electrons. The van der Waals surface area contributed by atoms with Gasteiger partial charge in [-0.25, -0.2) is 4.98 Å². The van der Waals surface area contributed by atoms with Crippen molar-refractivity contribution in [2.45, 2.75) is 52.3 Å². The number of aryl methyl sites for hydroxylation is 1. The van der Waals surface area contributed by atoms with E-state index >= 15 is 0 Å². The number of benzene rings is 3. The summed E-state index contributed by atoms with van der Waals surface area (Å²) in [6, 6.07) is 21.2. The lowest BCUT2D eigenvalue weighted by Gasteiger charge is -2.21. The van der Waals surface area contributed by atoms with Gasteiger partial charge in [0.25, 0.3) is 0 Å². The summed E-state index contributed by atoms with van der Waals surface area (Å²) in [6.45, 7) is 6.08. The fourth-order valence-corrected chi connectivity index (χ4v) is 4.64. The van der Waals surface area contributed by atoms with Gasteiger partial charge in [-0.3, -0.25) is 9.59 Å². The molecule has 1 atom stereocenters. The molecule has 1 aromatic heterocycles. The summed E-state index contributed by atoms with van der Waals surface area (Å²) in [5.41, 5.74) is 2.59. The van der Waals surface area contributed by atoms with Crippen LogP contribution in [0.1, 0.15) is 53.2 Å². The molecule has 0 saturated heterocycles. The molecule has 45 heavy (non-hydrogen) atoms. The summed E-state index contributed by atoms with van der Waals surface area (Å²) in [5.74, 6) is 1.51. The molecule has 0 saturated carbocycles. The normalized spacial score (nSPS) is 12.4. The zero-order valence-electron chi connectivity index (χ0n) is 25.4. The number of carbonyl (C=O) groups is 2. The maximum atomic E-state index is 12.9. The molecule has 0 bridgehead atoms. The van der Waals surface area contributed by atoms with Gasteiger partial charge in [-0.05, 0) is 62.2 Å². The third-order valence-electron chi connectivity index (χ3n) is 7.07. The summed E-state index contributed by atoms with van der Waals surface area (Å²) in [4.78, 5) is 29.2. The Kier molecular flexibility index (Phi) is 11.2. The van der Waals surface area contributed by atoms with E-state index in [1.165, 1.54) is 6.08 Å². The van der Waals surface area contributed by atoms with Crippen LogP contribution in [0.15, 0.2) is 95.1 Å². The maximum absolute atomic E-state index is 12.9. The molecule has 0 radical (unpaired) electrons. The number of hydrogen-bond donors (Lipinski definition) is 2. The highest BCUT2D eigenvalue weighted by molar-refractivity contribution is 6.04. The van der Waals surface area contributed by atoms with Crippen molar-refractivity contribution in [1.82, 2.24) is 15.6 Å². The van der Waals surface area contributed by atoms with Crippen molar-refractivity contribution in [3.63, 3.8) is 0 Å². The number of hydrogen-bond acceptors (Lipinski definition) is 6. The second-order valence-corrected chi connectivity index (χ2v) is 10.6. The van der Waals surface area contributed by atoms with Gasteiger partial charge in [0.2, 0.25) is 11.8 Å². The van der Waals surface area contributed by atoms with Crippen LogP contribution in [0.3, 0.4) is 0 Å². The predicted molar refractivity (Wildman–Crippen MR) is 166 cm³/mol. The number of amides is 1. The number of aromatic nitrogens is 1.